The van der Waals surface area contributed by atoms with E-state index in [2.05, 4.69) is 0 Å². The first-order valence-corrected chi connectivity index (χ1v) is 12.8. The first-order valence-electron chi connectivity index (χ1n) is 11.6. The molecule has 0 radical (unpaired) electrons. The second kappa shape index (κ2) is 11.2. The number of carbonyl (C=O) groups is 2. The molecule has 36 heavy (non-hydrogen) atoms. The van der Waals surface area contributed by atoms with E-state index in [1.807, 2.05) is 48.2 Å². The van der Waals surface area contributed by atoms with E-state index in [1.54, 1.807) is 72.8 Å². The second-order valence-corrected chi connectivity index (χ2v) is 9.37. The van der Waals surface area contributed by atoms with Crippen LogP contribution in [0.1, 0.15) is 44.1 Å². The van der Waals surface area contributed by atoms with E-state index in [1.165, 1.54) is 0 Å². The molecule has 0 bridgehead atoms. The number of esters is 2. The zero-order chi connectivity index (χ0) is 24.7. The van der Waals surface area contributed by atoms with E-state index in [0.29, 0.717) is 22.6 Å². The van der Waals surface area contributed by atoms with Gasteiger partial charge in [-0.05, 0) is 59.7 Å². The molecule has 0 amide bonds. The van der Waals surface area contributed by atoms with E-state index in [-0.39, 0.29) is 24.1 Å². The molecule has 1 aliphatic heterocycles. The van der Waals surface area contributed by atoms with Gasteiger partial charge in [0.2, 0.25) is 0 Å². The average Bonchev–Trinajstić information content (AvgIpc) is 2.95. The van der Waals surface area contributed by atoms with Crippen LogP contribution in [0.15, 0.2) is 109 Å². The van der Waals surface area contributed by atoms with Crippen LogP contribution in [-0.4, -0.2) is 23.4 Å². The Hall–Kier alpha value is -3.87. The van der Waals surface area contributed by atoms with E-state index in [4.69, 9.17) is 14.2 Å². The number of hydrogen-bond donors (Lipinski definition) is 0. The van der Waals surface area contributed by atoms with Gasteiger partial charge in [-0.2, -0.15) is 11.8 Å². The molecular formula is C30H24O5S. The Bertz CT molecular complexity index is 1200. The lowest BCUT2D eigenvalue weighted by molar-refractivity contribution is 0.00510. The third-order valence-corrected chi connectivity index (χ3v) is 6.89. The number of ether oxygens (including phenoxy) is 3. The molecule has 1 heterocycles. The van der Waals surface area contributed by atoms with E-state index < -0.39 is 0 Å². The van der Waals surface area contributed by atoms with Crippen LogP contribution in [0.3, 0.4) is 0 Å². The second-order valence-electron chi connectivity index (χ2n) is 8.30. The first-order chi connectivity index (χ1) is 17.7. The fourth-order valence-electron chi connectivity index (χ4n) is 3.89. The standard InChI is InChI=1S/C30H24O5S/c31-29(23-7-3-1-4-8-23)33-25-15-11-21(12-16-25)27-19-36-20-28(35-27)22-13-17-26(18-14-22)34-30(32)24-9-5-2-6-10-24/h1-18,27-28H,19-20H2/t27-,28+. The van der Waals surface area contributed by atoms with Gasteiger partial charge in [-0.3, -0.25) is 0 Å². The lowest BCUT2D eigenvalue weighted by atomic mass is 10.1. The van der Waals surface area contributed by atoms with Gasteiger partial charge in [0.1, 0.15) is 11.5 Å². The summed E-state index contributed by atoms with van der Waals surface area (Å²) in [6, 6.07) is 32.8. The highest BCUT2D eigenvalue weighted by Gasteiger charge is 2.25. The zero-order valence-corrected chi connectivity index (χ0v) is 20.2. The van der Waals surface area contributed by atoms with E-state index in [9.17, 15) is 9.59 Å². The van der Waals surface area contributed by atoms with Crippen LogP contribution in [0.5, 0.6) is 11.5 Å². The molecule has 0 unspecified atom stereocenters. The van der Waals surface area contributed by atoms with Gasteiger partial charge in [-0.25, -0.2) is 9.59 Å². The van der Waals surface area contributed by atoms with Crippen LogP contribution in [0.2, 0.25) is 0 Å². The molecule has 1 saturated heterocycles. The van der Waals surface area contributed by atoms with Gasteiger partial charge < -0.3 is 14.2 Å². The normalized spacial score (nSPS) is 17.2. The molecule has 5 rings (SSSR count). The highest BCUT2D eigenvalue weighted by atomic mass is 32.2. The fraction of sp³-hybridized carbons (Fsp3) is 0.133. The monoisotopic (exact) mass is 496 g/mol. The summed E-state index contributed by atoms with van der Waals surface area (Å²) in [5, 5.41) is 0. The van der Waals surface area contributed by atoms with Crippen LogP contribution in [-0.2, 0) is 4.74 Å². The van der Waals surface area contributed by atoms with Crippen molar-refractivity contribution < 1.29 is 23.8 Å². The van der Waals surface area contributed by atoms with Crippen molar-refractivity contribution in [3.8, 4) is 11.5 Å². The quantitative estimate of drug-likeness (QED) is 0.219. The van der Waals surface area contributed by atoms with Gasteiger partial charge in [-0.15, -0.1) is 0 Å². The predicted octanol–water partition coefficient (Wildman–Crippen LogP) is 6.67. The van der Waals surface area contributed by atoms with Gasteiger partial charge in [0.25, 0.3) is 0 Å². The molecule has 4 aromatic carbocycles. The minimum absolute atomic E-state index is 0.0804. The first kappa shape index (κ1) is 23.9. The SMILES string of the molecule is O=C(Oc1ccc([C@@H]2CSC[C@H](c3ccc(OC(=O)c4ccccc4)cc3)O2)cc1)c1ccccc1. The van der Waals surface area contributed by atoms with Crippen molar-refractivity contribution in [2.75, 3.05) is 11.5 Å². The molecule has 180 valence electrons. The molecule has 0 saturated carbocycles. The highest BCUT2D eigenvalue weighted by molar-refractivity contribution is 7.99. The molecule has 0 N–H and O–H groups in total. The minimum atomic E-state index is -0.384. The van der Waals surface area contributed by atoms with Gasteiger partial charge in [-0.1, -0.05) is 60.7 Å². The molecule has 6 heteroatoms. The van der Waals surface area contributed by atoms with Crippen molar-refractivity contribution in [3.05, 3.63) is 131 Å². The molecule has 1 aliphatic rings. The van der Waals surface area contributed by atoms with Crippen LogP contribution in [0.4, 0.5) is 0 Å². The molecule has 5 nitrogen and oxygen atoms in total. The fourth-order valence-corrected chi connectivity index (χ4v) is 5.00. The van der Waals surface area contributed by atoms with Crippen LogP contribution in [0.25, 0.3) is 0 Å². The van der Waals surface area contributed by atoms with Crippen molar-refractivity contribution in [3.63, 3.8) is 0 Å². The van der Waals surface area contributed by atoms with Crippen molar-refractivity contribution >= 4 is 23.7 Å². The zero-order valence-electron chi connectivity index (χ0n) is 19.4. The molecule has 1 fully saturated rings. The topological polar surface area (TPSA) is 61.8 Å². The van der Waals surface area contributed by atoms with E-state index in [0.717, 1.165) is 22.6 Å². The van der Waals surface area contributed by atoms with Crippen molar-refractivity contribution in [1.82, 2.24) is 0 Å². The number of benzene rings is 4. The summed E-state index contributed by atoms with van der Waals surface area (Å²) in [4.78, 5) is 24.6. The van der Waals surface area contributed by atoms with Crippen LogP contribution < -0.4 is 9.47 Å². The lowest BCUT2D eigenvalue weighted by Gasteiger charge is -2.30. The average molecular weight is 497 g/mol. The summed E-state index contributed by atoms with van der Waals surface area (Å²) in [5.74, 6) is 1.90. The van der Waals surface area contributed by atoms with Crippen molar-refractivity contribution in [2.24, 2.45) is 0 Å². The Morgan fingerprint density at radius 2 is 0.972 bits per heavy atom. The Labute approximate surface area is 214 Å². The Morgan fingerprint density at radius 3 is 1.36 bits per heavy atom. The summed E-state index contributed by atoms with van der Waals surface area (Å²) in [6.45, 7) is 0. The Balaban J connectivity index is 1.19. The van der Waals surface area contributed by atoms with Gasteiger partial charge >= 0.3 is 11.9 Å². The highest BCUT2D eigenvalue weighted by Crippen LogP contribution is 2.37. The Morgan fingerprint density at radius 1 is 0.583 bits per heavy atom. The molecular weight excluding hydrogens is 472 g/mol. The maximum absolute atomic E-state index is 12.3. The molecule has 4 aromatic rings. The van der Waals surface area contributed by atoms with Crippen LogP contribution >= 0.6 is 11.8 Å². The minimum Gasteiger partial charge on any atom is -0.423 e. The Kier molecular flexibility index (Phi) is 7.45. The number of thioether (sulfide) groups is 1. The summed E-state index contributed by atoms with van der Waals surface area (Å²) < 4.78 is 17.4. The van der Waals surface area contributed by atoms with Gasteiger partial charge in [0, 0.05) is 11.5 Å². The van der Waals surface area contributed by atoms with E-state index >= 15 is 0 Å². The number of rotatable bonds is 6. The summed E-state index contributed by atoms with van der Waals surface area (Å²) in [6.07, 6.45) is -0.161. The predicted molar refractivity (Wildman–Crippen MR) is 140 cm³/mol. The largest absolute Gasteiger partial charge is 0.423 e. The summed E-state index contributed by atoms with van der Waals surface area (Å²) >= 11 is 1.83. The van der Waals surface area contributed by atoms with Gasteiger partial charge in [0.05, 0.1) is 23.3 Å². The van der Waals surface area contributed by atoms with Gasteiger partial charge in [0.15, 0.2) is 0 Å². The number of carbonyl (C=O) groups excluding carboxylic acids is 2. The van der Waals surface area contributed by atoms with Crippen molar-refractivity contribution in [2.45, 2.75) is 12.2 Å². The van der Waals surface area contributed by atoms with Crippen LogP contribution in [0, 0.1) is 0 Å². The maximum atomic E-state index is 12.3. The summed E-state index contributed by atoms with van der Waals surface area (Å²) in [7, 11) is 0. The third-order valence-electron chi connectivity index (χ3n) is 5.81. The smallest absolute Gasteiger partial charge is 0.343 e. The van der Waals surface area contributed by atoms with Crippen molar-refractivity contribution in [1.29, 1.82) is 0 Å². The summed E-state index contributed by atoms with van der Waals surface area (Å²) in [5.41, 5.74) is 3.08. The molecule has 0 aromatic heterocycles. The maximum Gasteiger partial charge on any atom is 0.343 e. The molecule has 2 atom stereocenters. The molecule has 0 aliphatic carbocycles. The molecule has 0 spiro atoms. The third kappa shape index (κ3) is 5.85. The lowest BCUT2D eigenvalue weighted by Crippen LogP contribution is -2.20. The number of hydrogen-bond acceptors (Lipinski definition) is 6.